The van der Waals surface area contributed by atoms with E-state index in [4.69, 9.17) is 46.9 Å². The molecular formula is C80H81F11N18O12S5. The van der Waals surface area contributed by atoms with Crippen molar-refractivity contribution in [3.05, 3.63) is 190 Å². The van der Waals surface area contributed by atoms with Gasteiger partial charge in [-0.05, 0) is 150 Å². The van der Waals surface area contributed by atoms with E-state index >= 15 is 0 Å². The largest absolute Gasteiger partial charge is 0.433 e. The van der Waals surface area contributed by atoms with E-state index in [1.807, 2.05) is 27.7 Å². The lowest BCUT2D eigenvalue weighted by Crippen LogP contribution is -2.50. The van der Waals surface area contributed by atoms with Crippen LogP contribution in [0.4, 0.5) is 70.5 Å². The van der Waals surface area contributed by atoms with Gasteiger partial charge in [-0.1, -0.05) is 58.4 Å². The predicted octanol–water partition coefficient (Wildman–Crippen LogP) is 13.7. The number of pyridine rings is 5. The number of thioether (sulfide) groups is 4. The molecule has 12 N–H and O–H groups in total. The summed E-state index contributed by atoms with van der Waals surface area (Å²) in [6, 6.07) is 20.9. The third-order valence-electron chi connectivity index (χ3n) is 21.3. The van der Waals surface area contributed by atoms with E-state index in [0.29, 0.717) is 91.3 Å². The third-order valence-corrected chi connectivity index (χ3v) is 26.2. The van der Waals surface area contributed by atoms with E-state index in [1.165, 1.54) is 155 Å². The number of alkyl halides is 8. The number of nitrogens with zero attached hydrogens (tertiary/aromatic N) is 10. The highest BCUT2D eigenvalue weighted by atomic mass is 32.2. The summed E-state index contributed by atoms with van der Waals surface area (Å²) in [6.07, 6.45) is 8.80. The number of halogens is 11. The zero-order valence-electron chi connectivity index (χ0n) is 66.9. The molecule has 14 heterocycles. The van der Waals surface area contributed by atoms with Gasteiger partial charge in [0, 0.05) is 69.2 Å². The van der Waals surface area contributed by atoms with Crippen LogP contribution in [0.25, 0.3) is 0 Å². The van der Waals surface area contributed by atoms with Crippen LogP contribution in [-0.2, 0) is 41.1 Å². The van der Waals surface area contributed by atoms with Gasteiger partial charge in [0.2, 0.25) is 0 Å². The summed E-state index contributed by atoms with van der Waals surface area (Å²) in [6.45, 7) is -3.14. The van der Waals surface area contributed by atoms with Crippen LogP contribution in [0.3, 0.4) is 0 Å². The first-order valence-corrected chi connectivity index (χ1v) is 43.4. The summed E-state index contributed by atoms with van der Waals surface area (Å²) in [5.41, 5.74) is 21.5. The number of rotatable bonds is 20. The monoisotopic (exact) mass is 1850 g/mol. The Hall–Kier alpha value is -10.8. The number of hydrogen-bond acceptors (Lipinski definition) is 31. The van der Waals surface area contributed by atoms with E-state index in [0.717, 1.165) is 42.0 Å². The fourth-order valence-corrected chi connectivity index (χ4v) is 20.3. The summed E-state index contributed by atoms with van der Waals surface area (Å²) in [5, 5.41) is 13.4. The van der Waals surface area contributed by atoms with E-state index < -0.39 is 89.7 Å². The van der Waals surface area contributed by atoms with Crippen LogP contribution in [0.1, 0.15) is 117 Å². The summed E-state index contributed by atoms with van der Waals surface area (Å²) < 4.78 is 183. The molecule has 6 aromatic heterocycles. The molecule has 16 rings (SSSR count). The number of nitrogens with two attached hydrogens (primary N) is 4. The Morgan fingerprint density at radius 3 is 1.08 bits per heavy atom. The molecule has 0 unspecified atom stereocenters. The second kappa shape index (κ2) is 40.5. The fourth-order valence-electron chi connectivity index (χ4n) is 15.2. The van der Waals surface area contributed by atoms with Gasteiger partial charge in [-0.25, -0.2) is 63.0 Å². The summed E-state index contributed by atoms with van der Waals surface area (Å²) in [5.74, 6) is -1.28. The van der Waals surface area contributed by atoms with Crippen LogP contribution in [-0.4, -0.2) is 175 Å². The lowest BCUT2D eigenvalue weighted by molar-refractivity contribution is -0.0507. The molecule has 0 aliphatic carbocycles. The van der Waals surface area contributed by atoms with Crippen molar-refractivity contribution in [1.82, 2.24) is 29.9 Å². The van der Waals surface area contributed by atoms with Gasteiger partial charge in [0.15, 0.2) is 20.7 Å². The Kier molecular flexibility index (Phi) is 29.9. The molecular weight excluding hydrogens is 1770 g/mol. The second-order valence-electron chi connectivity index (χ2n) is 29.8. The topological polar surface area (TPSA) is 421 Å². The Morgan fingerprint density at radius 1 is 0.397 bits per heavy atom. The first kappa shape index (κ1) is 92.9. The van der Waals surface area contributed by atoms with Crippen LogP contribution in [0.2, 0.25) is 0 Å². The zero-order chi connectivity index (χ0) is 89.9. The molecule has 126 heavy (non-hydrogen) atoms. The minimum atomic E-state index is -3.00. The highest BCUT2D eigenvalue weighted by molar-refractivity contribution is 8.14. The molecule has 4 saturated heterocycles. The minimum absolute atomic E-state index is 0.00251. The van der Waals surface area contributed by atoms with E-state index in [9.17, 15) is 67.5 Å². The Labute approximate surface area is 732 Å². The third kappa shape index (κ3) is 22.2. The van der Waals surface area contributed by atoms with Crippen molar-refractivity contribution in [3.63, 3.8) is 0 Å². The molecule has 4 amide bonds. The van der Waals surface area contributed by atoms with Gasteiger partial charge in [-0.3, -0.25) is 19.2 Å². The van der Waals surface area contributed by atoms with Crippen molar-refractivity contribution in [2.45, 2.75) is 126 Å². The first-order valence-electron chi connectivity index (χ1n) is 38.7. The molecule has 46 heteroatoms. The number of benzene rings is 2. The normalized spacial score (nSPS) is 25.3. The molecule has 4 fully saturated rings. The van der Waals surface area contributed by atoms with Crippen molar-refractivity contribution in [2.75, 3.05) is 70.7 Å². The highest BCUT2D eigenvalue weighted by Gasteiger charge is 2.54. The van der Waals surface area contributed by atoms with Gasteiger partial charge in [0.05, 0.1) is 81.8 Å². The number of ether oxygens (including phenoxy) is 8. The molecule has 12 atom stereocenters. The highest BCUT2D eigenvalue weighted by Crippen LogP contribution is 2.52. The Bertz CT molecular complexity index is 4980. The van der Waals surface area contributed by atoms with Gasteiger partial charge >= 0.3 is 26.4 Å². The number of carbonyl (C=O) groups excluding carboxylic acids is 4. The summed E-state index contributed by atoms with van der Waals surface area (Å²) >= 11 is 7.12. The maximum Gasteiger partial charge on any atom is 0.387 e. The van der Waals surface area contributed by atoms with Crippen LogP contribution in [0.5, 0.6) is 23.0 Å². The quantitative estimate of drug-likeness (QED) is 0.0329. The molecule has 670 valence electrons. The number of hydrogen-bond donors (Lipinski definition) is 8. The summed E-state index contributed by atoms with van der Waals surface area (Å²) in [7, 11) is 0. The van der Waals surface area contributed by atoms with Gasteiger partial charge < -0.3 is 82.1 Å². The number of aromatic nitrogens is 6. The van der Waals surface area contributed by atoms with E-state index in [2.05, 4.69) is 85.1 Å². The van der Waals surface area contributed by atoms with Crippen molar-refractivity contribution in [3.8, 4) is 23.0 Å². The van der Waals surface area contributed by atoms with Gasteiger partial charge in [-0.2, -0.15) is 35.1 Å². The number of fused-ring (bicyclic) bond motifs is 4. The molecule has 30 nitrogen and oxygen atoms in total. The number of nitrogens with one attached hydrogen (secondary N) is 4. The second-order valence-corrected chi connectivity index (χ2v) is 34.9. The molecule has 0 bridgehead atoms. The fraction of sp³-hybridized carbons (Fsp3) is 0.400. The summed E-state index contributed by atoms with van der Waals surface area (Å²) in [4.78, 5) is 92.7. The lowest BCUT2D eigenvalue weighted by Gasteiger charge is -2.45. The average Bonchev–Trinajstić information content (AvgIpc) is 1.31. The van der Waals surface area contributed by atoms with E-state index in [-0.39, 0.29) is 125 Å². The average molecular weight is 1860 g/mol. The predicted molar refractivity (Wildman–Crippen MR) is 452 cm³/mol. The standard InChI is InChI=1S/2C21H21F3N4O3S.C20H20F3N5O3S.C18H19F2N5O3S2/c2*1-11-6-12-9-32-20(25)28-21(12,10-30-11)15-7-13(2-4-16(15)22)27-18(29)17-5-3-14(8-26-17)31-19(23)24;1-10-6-11-8-32-19(24)28-20(11,9-30-10)16-13(21)3-5-15(26-16)27-17(29)14-4-2-12(7-25-14)31-18(22)23;1-9-4-10-7-29-17(21)25-18(10,8-27-9)15-23-6-13(30-15)24-14(26)12-3-2-11(5-22-12)28-16(19)20/h2*2-5,7-8,11-12,19H,6,9-10H2,1H3,(H2,25,28)(H,27,29);2-5,7,10-11,18H,6,8-9H2,1H3,(H2,24,28)(H,26,27,29);2-3,5-6,9-10,16H,4,7-8H2,1H3,(H2,21,25)(H,24,26)/t2*11-,12-,21-;10-,11-,20-;9-,10-,18-/m0000/s1. The number of aliphatic imine (C=N–C) groups is 4. The number of carbonyl (C=O) groups is 4. The van der Waals surface area contributed by atoms with Gasteiger partial charge in [-0.15, -0.1) is 0 Å². The molecule has 0 spiro atoms. The number of amidine groups is 4. The molecule has 0 saturated carbocycles. The number of amides is 4. The smallest absolute Gasteiger partial charge is 0.387 e. The molecule has 8 aliphatic rings. The van der Waals surface area contributed by atoms with Crippen molar-refractivity contribution in [1.29, 1.82) is 0 Å². The van der Waals surface area contributed by atoms with Crippen molar-refractivity contribution >= 4 is 125 Å². The Balaban J connectivity index is 0.000000144. The van der Waals surface area contributed by atoms with Crippen LogP contribution in [0.15, 0.2) is 148 Å². The van der Waals surface area contributed by atoms with Gasteiger partial charge in [0.25, 0.3) is 23.6 Å². The Morgan fingerprint density at radius 2 is 0.714 bits per heavy atom. The minimum Gasteiger partial charge on any atom is -0.433 e. The van der Waals surface area contributed by atoms with Crippen LogP contribution >= 0.6 is 58.4 Å². The zero-order valence-corrected chi connectivity index (χ0v) is 71.0. The maximum atomic E-state index is 15.0. The van der Waals surface area contributed by atoms with E-state index in [1.54, 1.807) is 6.20 Å². The molecule has 0 radical (unpaired) electrons. The number of thiazole rings is 1. The van der Waals surface area contributed by atoms with Crippen LogP contribution < -0.4 is 63.1 Å². The van der Waals surface area contributed by atoms with Crippen molar-refractivity contribution < 1.29 is 105 Å². The molecule has 8 aromatic rings. The molecule has 2 aromatic carbocycles. The molecule has 8 aliphatic heterocycles. The SMILES string of the molecule is C[C@H]1C[C@H]2CSC(N)=N[C@@]2(c2cc(NC(=O)c3ccc(OC(F)F)cn3)ccc2F)CO1.C[C@H]1C[C@H]2CSC(N)=N[C@@]2(c2cc(NC(=O)c3ccc(OC(F)F)cn3)ccc2F)CO1.C[C@H]1C[C@H]2CSC(N)=N[C@@]2(c2nc(NC(=O)c3ccc(OC(F)F)cn3)ccc2F)CO1.C[C@H]1C[C@H]2CSC(N)=N[C@@]2(c2ncc(NC(=O)c3ccc(OC(F)F)cn3)s2)CO1. The lowest BCUT2D eigenvalue weighted by atomic mass is 9.75. The first-order chi connectivity index (χ1) is 60.1. The van der Waals surface area contributed by atoms with Gasteiger partial charge in [0.1, 0.15) is 107 Å². The van der Waals surface area contributed by atoms with Crippen molar-refractivity contribution in [2.24, 2.45) is 66.6 Å². The number of anilines is 4. The van der Waals surface area contributed by atoms with Crippen LogP contribution in [0, 0.1) is 41.1 Å². The maximum absolute atomic E-state index is 15.0.